The third-order valence-corrected chi connectivity index (χ3v) is 4.91. The molecule has 6 heteroatoms. The van der Waals surface area contributed by atoms with Gasteiger partial charge in [-0.05, 0) is 30.7 Å². The van der Waals surface area contributed by atoms with Gasteiger partial charge in [0.1, 0.15) is 11.9 Å². The average Bonchev–Trinajstić information content (AvgIpc) is 3.22. The molecule has 1 amide bonds. The van der Waals surface area contributed by atoms with Gasteiger partial charge in [-0.2, -0.15) is 0 Å². The molecule has 2 aromatic rings. The van der Waals surface area contributed by atoms with Crippen LogP contribution in [0.25, 0.3) is 0 Å². The third kappa shape index (κ3) is 3.11. The van der Waals surface area contributed by atoms with E-state index in [0.717, 1.165) is 18.4 Å². The summed E-state index contributed by atoms with van der Waals surface area (Å²) in [6.45, 7) is 5.36. The van der Waals surface area contributed by atoms with Crippen LogP contribution in [-0.2, 0) is 7.05 Å². The van der Waals surface area contributed by atoms with Crippen LogP contribution in [0, 0.1) is 5.92 Å². The molecule has 0 radical (unpaired) electrons. The second-order valence-electron chi connectivity index (χ2n) is 6.83. The van der Waals surface area contributed by atoms with Crippen LogP contribution in [0.3, 0.4) is 0 Å². The molecule has 3 heterocycles. The molecule has 0 aromatic carbocycles. The van der Waals surface area contributed by atoms with Crippen molar-refractivity contribution in [1.82, 2.24) is 14.5 Å². The highest BCUT2D eigenvalue weighted by atomic mass is 16.3. The first kappa shape index (κ1) is 16.8. The second-order valence-corrected chi connectivity index (χ2v) is 6.83. The largest absolute Gasteiger partial charge is 0.459 e. The second kappa shape index (κ2) is 6.81. The molecule has 1 unspecified atom stereocenters. The zero-order valence-corrected chi connectivity index (χ0v) is 14.5. The van der Waals surface area contributed by atoms with E-state index in [1.807, 2.05) is 28.8 Å². The normalized spacial score (nSPS) is 17.5. The predicted octanol–water partition coefficient (Wildman–Crippen LogP) is 2.72. The number of piperidine rings is 1. The van der Waals surface area contributed by atoms with Gasteiger partial charge in [0.2, 0.25) is 0 Å². The minimum Gasteiger partial charge on any atom is -0.459 e. The van der Waals surface area contributed by atoms with Gasteiger partial charge >= 0.3 is 0 Å². The maximum atomic E-state index is 12.7. The first-order valence-corrected chi connectivity index (χ1v) is 8.51. The van der Waals surface area contributed by atoms with Gasteiger partial charge in [0.15, 0.2) is 5.76 Å². The van der Waals surface area contributed by atoms with Gasteiger partial charge in [-0.1, -0.05) is 13.8 Å². The Labute approximate surface area is 142 Å². The lowest BCUT2D eigenvalue weighted by molar-refractivity contribution is 0.0402. The van der Waals surface area contributed by atoms with Gasteiger partial charge in [0, 0.05) is 38.1 Å². The van der Waals surface area contributed by atoms with Crippen LogP contribution in [0.15, 0.2) is 29.1 Å². The smallest absolute Gasteiger partial charge is 0.289 e. The molecule has 0 spiro atoms. The molecule has 0 bridgehead atoms. The topological polar surface area (TPSA) is 71.5 Å². The number of furan rings is 1. The maximum absolute atomic E-state index is 12.7. The van der Waals surface area contributed by atoms with Crippen molar-refractivity contribution >= 4 is 5.91 Å². The Balaban J connectivity index is 1.64. The number of nitrogens with zero attached hydrogens (tertiary/aromatic N) is 3. The van der Waals surface area contributed by atoms with E-state index in [1.165, 1.54) is 0 Å². The molecule has 6 nitrogen and oxygen atoms in total. The zero-order valence-electron chi connectivity index (χ0n) is 14.5. The molecule has 1 atom stereocenters. The van der Waals surface area contributed by atoms with E-state index in [9.17, 15) is 9.90 Å². The molecule has 2 aromatic heterocycles. The number of hydrogen-bond donors (Lipinski definition) is 1. The summed E-state index contributed by atoms with van der Waals surface area (Å²) in [5.41, 5.74) is 0.954. The number of aryl methyl sites for hydroxylation is 1. The van der Waals surface area contributed by atoms with Crippen molar-refractivity contribution in [2.75, 3.05) is 13.1 Å². The highest BCUT2D eigenvalue weighted by Gasteiger charge is 2.32. The van der Waals surface area contributed by atoms with Crippen molar-refractivity contribution in [3.05, 3.63) is 41.9 Å². The Morgan fingerprint density at radius 2 is 2.08 bits per heavy atom. The summed E-state index contributed by atoms with van der Waals surface area (Å²) in [7, 11) is 1.88. The van der Waals surface area contributed by atoms with Crippen molar-refractivity contribution in [1.29, 1.82) is 0 Å². The lowest BCUT2D eigenvalue weighted by Crippen LogP contribution is -2.40. The standard InChI is InChI=1S/C18H25N3O3/c1-12(2)14-6-11-24-16(14)18(23)21-8-4-13(5-9-21)15(22)17-19-7-10-20(17)3/h6-7,10-13,15,22H,4-5,8-9H2,1-3H3. The Hall–Kier alpha value is -2.08. The summed E-state index contributed by atoms with van der Waals surface area (Å²) in [5, 5.41) is 10.5. The predicted molar refractivity (Wildman–Crippen MR) is 89.6 cm³/mol. The van der Waals surface area contributed by atoms with Gasteiger partial charge in [-0.25, -0.2) is 4.98 Å². The molecule has 1 saturated heterocycles. The monoisotopic (exact) mass is 331 g/mol. The van der Waals surface area contributed by atoms with E-state index in [0.29, 0.717) is 24.7 Å². The number of carbonyl (C=O) groups is 1. The average molecular weight is 331 g/mol. The Morgan fingerprint density at radius 1 is 1.38 bits per heavy atom. The van der Waals surface area contributed by atoms with Crippen LogP contribution in [0.1, 0.15) is 60.7 Å². The van der Waals surface area contributed by atoms with Crippen LogP contribution in [0.4, 0.5) is 0 Å². The summed E-state index contributed by atoms with van der Waals surface area (Å²) >= 11 is 0. The van der Waals surface area contributed by atoms with Crippen molar-refractivity contribution in [3.8, 4) is 0 Å². The highest BCUT2D eigenvalue weighted by molar-refractivity contribution is 5.93. The SMILES string of the molecule is CC(C)c1ccoc1C(=O)N1CCC(C(O)c2nccn2C)CC1. The van der Waals surface area contributed by atoms with Crippen molar-refractivity contribution in [2.24, 2.45) is 13.0 Å². The summed E-state index contributed by atoms with van der Waals surface area (Å²) < 4.78 is 7.28. The van der Waals surface area contributed by atoms with Gasteiger partial charge in [-0.3, -0.25) is 4.79 Å². The number of carbonyl (C=O) groups excluding carboxylic acids is 1. The number of aromatic nitrogens is 2. The van der Waals surface area contributed by atoms with Crippen molar-refractivity contribution in [3.63, 3.8) is 0 Å². The number of imidazole rings is 1. The summed E-state index contributed by atoms with van der Waals surface area (Å²) in [4.78, 5) is 18.8. The Kier molecular flexibility index (Phi) is 4.76. The number of aliphatic hydroxyl groups excluding tert-OH is 1. The minimum atomic E-state index is -0.586. The van der Waals surface area contributed by atoms with E-state index in [1.54, 1.807) is 12.5 Å². The fourth-order valence-electron chi connectivity index (χ4n) is 3.38. The maximum Gasteiger partial charge on any atom is 0.289 e. The van der Waals surface area contributed by atoms with Crippen molar-refractivity contribution in [2.45, 2.75) is 38.7 Å². The molecule has 130 valence electrons. The zero-order chi connectivity index (χ0) is 17.3. The van der Waals surface area contributed by atoms with Crippen molar-refractivity contribution < 1.29 is 14.3 Å². The molecule has 1 aliphatic heterocycles. The number of aliphatic hydroxyl groups is 1. The van der Waals surface area contributed by atoms with Gasteiger partial charge in [0.05, 0.1) is 6.26 Å². The fourth-order valence-corrected chi connectivity index (χ4v) is 3.38. The van der Waals surface area contributed by atoms with Crippen LogP contribution >= 0.6 is 0 Å². The van der Waals surface area contributed by atoms with Gasteiger partial charge < -0.3 is 19.0 Å². The van der Waals surface area contributed by atoms with E-state index in [4.69, 9.17) is 4.42 Å². The van der Waals surface area contributed by atoms with Gasteiger partial charge in [-0.15, -0.1) is 0 Å². The molecule has 1 N–H and O–H groups in total. The van der Waals surface area contributed by atoms with E-state index < -0.39 is 6.10 Å². The molecule has 0 aliphatic carbocycles. The summed E-state index contributed by atoms with van der Waals surface area (Å²) in [5.74, 6) is 1.47. The first-order valence-electron chi connectivity index (χ1n) is 8.51. The molecule has 3 rings (SSSR count). The number of rotatable bonds is 4. The lowest BCUT2D eigenvalue weighted by atomic mass is 9.90. The fraction of sp³-hybridized carbons (Fsp3) is 0.556. The summed E-state index contributed by atoms with van der Waals surface area (Å²) in [6.07, 6.45) is 6.05. The van der Waals surface area contributed by atoms with Gasteiger partial charge in [0.25, 0.3) is 5.91 Å². The van der Waals surface area contributed by atoms with Crippen LogP contribution in [0.2, 0.25) is 0 Å². The van der Waals surface area contributed by atoms with E-state index >= 15 is 0 Å². The number of likely N-dealkylation sites (tertiary alicyclic amines) is 1. The Morgan fingerprint density at radius 3 is 2.67 bits per heavy atom. The molecule has 1 aliphatic rings. The van der Waals surface area contributed by atoms with E-state index in [-0.39, 0.29) is 17.7 Å². The van der Waals surface area contributed by atoms with E-state index in [2.05, 4.69) is 18.8 Å². The molecule has 24 heavy (non-hydrogen) atoms. The van der Waals surface area contributed by atoms with Crippen LogP contribution in [-0.4, -0.2) is 38.6 Å². The minimum absolute atomic E-state index is 0.0476. The molecule has 1 fully saturated rings. The Bertz CT molecular complexity index is 696. The highest BCUT2D eigenvalue weighted by Crippen LogP contribution is 2.31. The quantitative estimate of drug-likeness (QED) is 0.935. The first-order chi connectivity index (χ1) is 11.5. The molecular weight excluding hydrogens is 306 g/mol. The number of amides is 1. The van der Waals surface area contributed by atoms with Crippen LogP contribution in [0.5, 0.6) is 0 Å². The molecule has 0 saturated carbocycles. The lowest BCUT2D eigenvalue weighted by Gasteiger charge is -2.33. The van der Waals surface area contributed by atoms with Crippen LogP contribution < -0.4 is 0 Å². The molecular formula is C18H25N3O3. The summed E-state index contributed by atoms with van der Waals surface area (Å²) in [6, 6.07) is 1.87. The third-order valence-electron chi connectivity index (χ3n) is 4.91. The number of hydrogen-bond acceptors (Lipinski definition) is 4.